The molecule has 2 unspecified atom stereocenters. The third kappa shape index (κ3) is 3.52. The van der Waals surface area contributed by atoms with E-state index in [-0.39, 0.29) is 11.1 Å². The van der Waals surface area contributed by atoms with E-state index in [1.165, 1.54) is 6.07 Å². The summed E-state index contributed by atoms with van der Waals surface area (Å²) >= 11 is 1.59. The second-order valence-electron chi connectivity index (χ2n) is 5.02. The molecule has 0 aliphatic heterocycles. The number of hydrogen-bond donors (Lipinski definition) is 0. The van der Waals surface area contributed by atoms with Crippen LogP contribution in [-0.4, -0.2) is 9.19 Å². The van der Waals surface area contributed by atoms with Crippen molar-refractivity contribution >= 4 is 22.1 Å². The van der Waals surface area contributed by atoms with Crippen molar-refractivity contribution in [3.8, 4) is 0 Å². The highest BCUT2D eigenvalue weighted by Crippen LogP contribution is 2.26. The number of hydrogen-bond acceptors (Lipinski definition) is 3. The van der Waals surface area contributed by atoms with Crippen molar-refractivity contribution < 1.29 is 8.60 Å². The summed E-state index contributed by atoms with van der Waals surface area (Å²) in [5.74, 6) is 0.458. The Hall–Kier alpha value is -1.07. The zero-order valence-electron chi connectivity index (χ0n) is 11.8. The normalized spacial score (nSPS) is 14.4. The molecule has 108 valence electrons. The molecular weight excluding hydrogens is 293 g/mol. The second kappa shape index (κ2) is 6.59. The number of nitrogens with zero attached hydrogens (tertiary/aromatic N) is 1. The van der Waals surface area contributed by atoms with Crippen LogP contribution >= 0.6 is 11.3 Å². The molecule has 0 radical (unpaired) electrons. The Morgan fingerprint density at radius 2 is 2.00 bits per heavy atom. The molecule has 2 nitrogen and oxygen atoms in total. The molecule has 1 aromatic heterocycles. The van der Waals surface area contributed by atoms with Crippen LogP contribution in [0.2, 0.25) is 0 Å². The van der Waals surface area contributed by atoms with Gasteiger partial charge in [0.15, 0.2) is 0 Å². The van der Waals surface area contributed by atoms with Gasteiger partial charge in [-0.15, -0.1) is 11.3 Å². The van der Waals surface area contributed by atoms with Crippen molar-refractivity contribution in [1.29, 1.82) is 0 Å². The molecule has 0 spiro atoms. The summed E-state index contributed by atoms with van der Waals surface area (Å²) in [7, 11) is -1.17. The van der Waals surface area contributed by atoms with Gasteiger partial charge in [-0.3, -0.25) is 4.21 Å². The quantitative estimate of drug-likeness (QED) is 0.818. The van der Waals surface area contributed by atoms with Crippen LogP contribution < -0.4 is 0 Å². The zero-order chi connectivity index (χ0) is 14.7. The Morgan fingerprint density at radius 3 is 2.60 bits per heavy atom. The molecule has 0 amide bonds. The van der Waals surface area contributed by atoms with E-state index in [1.807, 2.05) is 5.38 Å². The van der Waals surface area contributed by atoms with Gasteiger partial charge in [-0.05, 0) is 13.0 Å². The SMILES string of the molecule is CC(C)c1nc(CS(=O)C(C)c2ccccc2F)cs1. The highest BCUT2D eigenvalue weighted by Gasteiger charge is 2.18. The van der Waals surface area contributed by atoms with E-state index in [0.29, 0.717) is 17.2 Å². The highest BCUT2D eigenvalue weighted by molar-refractivity contribution is 7.84. The lowest BCUT2D eigenvalue weighted by Gasteiger charge is -2.11. The maximum Gasteiger partial charge on any atom is 0.127 e. The van der Waals surface area contributed by atoms with E-state index in [2.05, 4.69) is 18.8 Å². The topological polar surface area (TPSA) is 30.0 Å². The second-order valence-corrected chi connectivity index (χ2v) is 7.67. The number of benzene rings is 1. The number of aromatic nitrogens is 1. The van der Waals surface area contributed by atoms with Gasteiger partial charge in [0.1, 0.15) is 5.82 Å². The van der Waals surface area contributed by atoms with Gasteiger partial charge < -0.3 is 0 Å². The number of rotatable bonds is 5. The maximum absolute atomic E-state index is 13.7. The lowest BCUT2D eigenvalue weighted by molar-refractivity contribution is 0.606. The van der Waals surface area contributed by atoms with E-state index < -0.39 is 10.8 Å². The van der Waals surface area contributed by atoms with E-state index in [0.717, 1.165) is 10.7 Å². The number of thiazole rings is 1. The van der Waals surface area contributed by atoms with Crippen LogP contribution in [0.3, 0.4) is 0 Å². The standard InChI is InChI=1S/C15H18FNOS2/c1-10(2)15-17-12(8-19-15)9-20(18)11(3)13-6-4-5-7-14(13)16/h4-8,10-11H,9H2,1-3H3. The Labute approximate surface area is 125 Å². The van der Waals surface area contributed by atoms with Gasteiger partial charge in [0.05, 0.1) is 21.7 Å². The van der Waals surface area contributed by atoms with Gasteiger partial charge in [0.2, 0.25) is 0 Å². The Morgan fingerprint density at radius 1 is 1.30 bits per heavy atom. The predicted octanol–water partition coefficient (Wildman–Crippen LogP) is 4.42. The van der Waals surface area contributed by atoms with Crippen molar-refractivity contribution in [3.05, 3.63) is 51.7 Å². The molecule has 0 bridgehead atoms. The minimum atomic E-state index is -1.17. The van der Waals surface area contributed by atoms with Gasteiger partial charge in [-0.1, -0.05) is 32.0 Å². The highest BCUT2D eigenvalue weighted by atomic mass is 32.2. The summed E-state index contributed by atoms with van der Waals surface area (Å²) in [5.41, 5.74) is 1.34. The van der Waals surface area contributed by atoms with Gasteiger partial charge >= 0.3 is 0 Å². The Balaban J connectivity index is 2.09. The van der Waals surface area contributed by atoms with Crippen molar-refractivity contribution in [3.63, 3.8) is 0 Å². The van der Waals surface area contributed by atoms with E-state index >= 15 is 0 Å². The molecule has 20 heavy (non-hydrogen) atoms. The van der Waals surface area contributed by atoms with Crippen molar-refractivity contribution in [2.24, 2.45) is 0 Å². The van der Waals surface area contributed by atoms with Crippen molar-refractivity contribution in [2.45, 2.75) is 37.7 Å². The van der Waals surface area contributed by atoms with Crippen LogP contribution in [0, 0.1) is 5.82 Å². The fourth-order valence-corrected chi connectivity index (χ4v) is 3.98. The minimum Gasteiger partial charge on any atom is -0.259 e. The van der Waals surface area contributed by atoms with Gasteiger partial charge in [-0.2, -0.15) is 0 Å². The molecule has 0 aliphatic rings. The first kappa shape index (κ1) is 15.3. The van der Waals surface area contributed by atoms with Gasteiger partial charge in [0, 0.05) is 27.7 Å². The molecule has 5 heteroatoms. The fourth-order valence-electron chi connectivity index (χ4n) is 1.87. The molecule has 0 saturated heterocycles. The molecule has 1 aromatic carbocycles. The molecule has 2 aromatic rings. The monoisotopic (exact) mass is 311 g/mol. The largest absolute Gasteiger partial charge is 0.259 e. The Bertz CT molecular complexity index is 609. The van der Waals surface area contributed by atoms with Crippen LogP contribution in [0.15, 0.2) is 29.6 Å². The van der Waals surface area contributed by atoms with Gasteiger partial charge in [-0.25, -0.2) is 9.37 Å². The lowest BCUT2D eigenvalue weighted by Crippen LogP contribution is -2.07. The molecular formula is C15H18FNOS2. The first-order valence-corrected chi connectivity index (χ1v) is 8.81. The number of halogens is 1. The third-order valence-corrected chi connectivity index (χ3v) is 5.91. The first-order valence-electron chi connectivity index (χ1n) is 6.55. The average molecular weight is 311 g/mol. The predicted molar refractivity (Wildman–Crippen MR) is 82.9 cm³/mol. The molecule has 0 N–H and O–H groups in total. The van der Waals surface area contributed by atoms with E-state index in [4.69, 9.17) is 0 Å². The molecule has 0 aliphatic carbocycles. The molecule has 1 heterocycles. The summed E-state index contributed by atoms with van der Waals surface area (Å²) in [6, 6.07) is 6.51. The summed E-state index contributed by atoms with van der Waals surface area (Å²) in [6.45, 7) is 5.97. The lowest BCUT2D eigenvalue weighted by atomic mass is 10.1. The van der Waals surface area contributed by atoms with Crippen LogP contribution in [-0.2, 0) is 16.6 Å². The summed E-state index contributed by atoms with van der Waals surface area (Å²) in [6.07, 6.45) is 0. The summed E-state index contributed by atoms with van der Waals surface area (Å²) in [5, 5.41) is 2.66. The minimum absolute atomic E-state index is 0.297. The van der Waals surface area contributed by atoms with E-state index in [9.17, 15) is 8.60 Å². The van der Waals surface area contributed by atoms with Crippen LogP contribution in [0.1, 0.15) is 48.2 Å². The van der Waals surface area contributed by atoms with Crippen LogP contribution in [0.5, 0.6) is 0 Å². The Kier molecular flexibility index (Phi) is 5.05. The molecule has 2 rings (SSSR count). The zero-order valence-corrected chi connectivity index (χ0v) is 13.4. The molecule has 0 saturated carbocycles. The smallest absolute Gasteiger partial charge is 0.127 e. The summed E-state index contributed by atoms with van der Waals surface area (Å²) in [4.78, 5) is 4.48. The molecule has 2 atom stereocenters. The van der Waals surface area contributed by atoms with Crippen molar-refractivity contribution in [2.75, 3.05) is 0 Å². The third-order valence-electron chi connectivity index (χ3n) is 3.09. The van der Waals surface area contributed by atoms with Gasteiger partial charge in [0.25, 0.3) is 0 Å². The summed E-state index contributed by atoms with van der Waals surface area (Å²) < 4.78 is 26.1. The first-order chi connectivity index (χ1) is 9.49. The van der Waals surface area contributed by atoms with Crippen molar-refractivity contribution in [1.82, 2.24) is 4.98 Å². The van der Waals surface area contributed by atoms with Crippen LogP contribution in [0.25, 0.3) is 0 Å². The average Bonchev–Trinajstić information content (AvgIpc) is 2.87. The molecule has 0 fully saturated rings. The fraction of sp³-hybridized carbons (Fsp3) is 0.400. The van der Waals surface area contributed by atoms with E-state index in [1.54, 1.807) is 36.5 Å². The maximum atomic E-state index is 13.7. The van der Waals surface area contributed by atoms with Crippen LogP contribution in [0.4, 0.5) is 4.39 Å².